The molecule has 1 aliphatic rings. The number of rotatable bonds is 4. The number of carboxylic acid groups (broad SMARTS) is 1. The number of hydrogen-bond acceptors (Lipinski definition) is 3. The minimum Gasteiger partial charge on any atom is -0.481 e. The molecule has 1 saturated heterocycles. The number of hydrogen-bond donors (Lipinski definition) is 1. The fourth-order valence-electron chi connectivity index (χ4n) is 2.84. The quantitative estimate of drug-likeness (QED) is 0.885. The van der Waals surface area contributed by atoms with Crippen LogP contribution in [0, 0.1) is 12.3 Å². The van der Waals surface area contributed by atoms with Gasteiger partial charge in [-0.15, -0.1) is 0 Å². The van der Waals surface area contributed by atoms with Gasteiger partial charge in [0.25, 0.3) is 5.91 Å². The van der Waals surface area contributed by atoms with E-state index in [-0.39, 0.29) is 19.1 Å². The molecule has 0 radical (unpaired) electrons. The number of carboxylic acids is 1. The summed E-state index contributed by atoms with van der Waals surface area (Å²) in [6.45, 7) is 2.82. The molecule has 1 aliphatic heterocycles. The molecule has 1 fully saturated rings. The van der Waals surface area contributed by atoms with Crippen molar-refractivity contribution in [1.29, 1.82) is 0 Å². The summed E-state index contributed by atoms with van der Waals surface area (Å²) in [5.74, 6) is -1.04. The van der Waals surface area contributed by atoms with Crippen molar-refractivity contribution in [3.8, 4) is 0 Å². The van der Waals surface area contributed by atoms with Crippen LogP contribution in [0.5, 0.6) is 0 Å². The van der Waals surface area contributed by atoms with Crippen LogP contribution >= 0.6 is 15.9 Å². The van der Waals surface area contributed by atoms with Crippen LogP contribution < -0.4 is 0 Å². The van der Waals surface area contributed by atoms with Gasteiger partial charge in [-0.25, -0.2) is 0 Å². The second-order valence-electron chi connectivity index (χ2n) is 5.81. The standard InChI is InChI=1S/C16H20BrNO4/c1-11-4-5-12(8-13(11)17)14(19)18-7-3-6-16(9-18,10-22-2)15(20)21/h4-5,8H,3,6-7,9-10H2,1-2H3,(H,20,21). The highest BCUT2D eigenvalue weighted by molar-refractivity contribution is 9.10. The number of methoxy groups -OCH3 is 1. The third kappa shape index (κ3) is 3.33. The number of aryl methyl sites for hydroxylation is 1. The Labute approximate surface area is 138 Å². The first-order valence-electron chi connectivity index (χ1n) is 7.17. The molecule has 1 unspecified atom stereocenters. The third-order valence-electron chi connectivity index (χ3n) is 4.16. The SMILES string of the molecule is COCC1(C(=O)O)CCCN(C(=O)c2ccc(C)c(Br)c2)C1. The fraction of sp³-hybridized carbons (Fsp3) is 0.500. The van der Waals surface area contributed by atoms with E-state index in [1.165, 1.54) is 7.11 Å². The predicted molar refractivity (Wildman–Crippen MR) is 86.0 cm³/mol. The molecule has 0 spiro atoms. The lowest BCUT2D eigenvalue weighted by atomic mass is 9.80. The van der Waals surface area contributed by atoms with Crippen LogP contribution in [0.4, 0.5) is 0 Å². The van der Waals surface area contributed by atoms with Crippen molar-refractivity contribution in [3.63, 3.8) is 0 Å². The summed E-state index contributed by atoms with van der Waals surface area (Å²) in [5, 5.41) is 9.55. The van der Waals surface area contributed by atoms with E-state index in [4.69, 9.17) is 4.74 Å². The normalized spacial score (nSPS) is 21.7. The number of halogens is 1. The largest absolute Gasteiger partial charge is 0.481 e. The molecular weight excluding hydrogens is 350 g/mol. The van der Waals surface area contributed by atoms with Crippen LogP contribution in [-0.2, 0) is 9.53 Å². The molecule has 5 nitrogen and oxygen atoms in total. The monoisotopic (exact) mass is 369 g/mol. The zero-order valence-corrected chi connectivity index (χ0v) is 14.4. The van der Waals surface area contributed by atoms with E-state index in [1.54, 1.807) is 17.0 Å². The molecule has 1 amide bonds. The lowest BCUT2D eigenvalue weighted by molar-refractivity contribution is -0.155. The molecule has 22 heavy (non-hydrogen) atoms. The number of carbonyl (C=O) groups is 2. The number of aliphatic carboxylic acids is 1. The van der Waals surface area contributed by atoms with Crippen molar-refractivity contribution >= 4 is 27.8 Å². The Hall–Kier alpha value is -1.40. The molecule has 1 aromatic rings. The number of ether oxygens (including phenoxy) is 1. The van der Waals surface area contributed by atoms with Gasteiger partial charge in [-0.2, -0.15) is 0 Å². The van der Waals surface area contributed by atoms with Gasteiger partial charge >= 0.3 is 5.97 Å². The van der Waals surface area contributed by atoms with Gasteiger partial charge in [0.05, 0.1) is 6.61 Å². The Kier molecular flexibility index (Phi) is 5.24. The second kappa shape index (κ2) is 6.79. The van der Waals surface area contributed by atoms with Crippen LogP contribution in [0.15, 0.2) is 22.7 Å². The topological polar surface area (TPSA) is 66.8 Å². The van der Waals surface area contributed by atoms with Gasteiger partial charge in [0.15, 0.2) is 0 Å². The van der Waals surface area contributed by atoms with Crippen molar-refractivity contribution in [3.05, 3.63) is 33.8 Å². The first kappa shape index (κ1) is 17.0. The van der Waals surface area contributed by atoms with E-state index in [9.17, 15) is 14.7 Å². The Morgan fingerprint density at radius 1 is 1.45 bits per heavy atom. The van der Waals surface area contributed by atoms with E-state index in [0.717, 1.165) is 10.0 Å². The van der Waals surface area contributed by atoms with Crippen molar-refractivity contribution in [2.45, 2.75) is 19.8 Å². The van der Waals surface area contributed by atoms with Crippen molar-refractivity contribution in [1.82, 2.24) is 4.90 Å². The zero-order valence-electron chi connectivity index (χ0n) is 12.8. The summed E-state index contributed by atoms with van der Waals surface area (Å²) in [7, 11) is 1.49. The van der Waals surface area contributed by atoms with E-state index in [0.29, 0.717) is 24.9 Å². The summed E-state index contributed by atoms with van der Waals surface area (Å²) in [5.41, 5.74) is 0.607. The van der Waals surface area contributed by atoms with Crippen molar-refractivity contribution < 1.29 is 19.4 Å². The number of nitrogens with zero attached hydrogens (tertiary/aromatic N) is 1. The maximum absolute atomic E-state index is 12.6. The molecule has 1 N–H and O–H groups in total. The van der Waals surface area contributed by atoms with Crippen molar-refractivity contribution in [2.75, 3.05) is 26.8 Å². The minimum absolute atomic E-state index is 0.115. The van der Waals surface area contributed by atoms with Gasteiger partial charge in [-0.05, 0) is 37.5 Å². The molecule has 0 aromatic heterocycles. The molecule has 0 saturated carbocycles. The number of benzene rings is 1. The number of likely N-dealkylation sites (tertiary alicyclic amines) is 1. The van der Waals surface area contributed by atoms with Gasteiger partial charge in [0, 0.05) is 30.2 Å². The second-order valence-corrected chi connectivity index (χ2v) is 6.67. The summed E-state index contributed by atoms with van der Waals surface area (Å²) >= 11 is 3.42. The first-order valence-corrected chi connectivity index (χ1v) is 7.97. The molecular formula is C16H20BrNO4. The van der Waals surface area contributed by atoms with E-state index >= 15 is 0 Å². The van der Waals surface area contributed by atoms with Gasteiger partial charge in [0.1, 0.15) is 5.41 Å². The van der Waals surface area contributed by atoms with Crippen LogP contribution in [0.1, 0.15) is 28.8 Å². The molecule has 6 heteroatoms. The smallest absolute Gasteiger partial charge is 0.313 e. The number of piperidine rings is 1. The highest BCUT2D eigenvalue weighted by Crippen LogP contribution is 2.32. The fourth-order valence-corrected chi connectivity index (χ4v) is 3.22. The average molecular weight is 370 g/mol. The maximum atomic E-state index is 12.6. The lowest BCUT2D eigenvalue weighted by Crippen LogP contribution is -2.52. The molecule has 2 rings (SSSR count). The average Bonchev–Trinajstić information content (AvgIpc) is 2.49. The number of carbonyl (C=O) groups excluding carboxylic acids is 1. The zero-order chi connectivity index (χ0) is 16.3. The summed E-state index contributed by atoms with van der Waals surface area (Å²) in [4.78, 5) is 25.9. The highest BCUT2D eigenvalue weighted by Gasteiger charge is 2.44. The molecule has 1 atom stereocenters. The molecule has 0 bridgehead atoms. The molecule has 1 aromatic carbocycles. The van der Waals surface area contributed by atoms with Gasteiger partial charge in [0.2, 0.25) is 0 Å². The van der Waals surface area contributed by atoms with E-state index < -0.39 is 11.4 Å². The van der Waals surface area contributed by atoms with Crippen LogP contribution in [-0.4, -0.2) is 48.7 Å². The van der Waals surface area contributed by atoms with Gasteiger partial charge in [-0.1, -0.05) is 22.0 Å². The Morgan fingerprint density at radius 3 is 2.77 bits per heavy atom. The Morgan fingerprint density at radius 2 is 2.18 bits per heavy atom. The lowest BCUT2D eigenvalue weighted by Gasteiger charge is -2.39. The maximum Gasteiger partial charge on any atom is 0.313 e. The summed E-state index contributed by atoms with van der Waals surface area (Å²) in [6, 6.07) is 5.43. The summed E-state index contributed by atoms with van der Waals surface area (Å²) in [6.07, 6.45) is 1.19. The minimum atomic E-state index is -1.01. The Bertz CT molecular complexity index is 586. The summed E-state index contributed by atoms with van der Waals surface area (Å²) < 4.78 is 5.96. The molecule has 1 heterocycles. The molecule has 120 valence electrons. The Balaban J connectivity index is 2.22. The molecule has 0 aliphatic carbocycles. The first-order chi connectivity index (χ1) is 10.4. The van der Waals surface area contributed by atoms with E-state index in [2.05, 4.69) is 15.9 Å². The van der Waals surface area contributed by atoms with Gasteiger partial charge in [-0.3, -0.25) is 9.59 Å². The van der Waals surface area contributed by atoms with Crippen LogP contribution in [0.3, 0.4) is 0 Å². The number of amides is 1. The van der Waals surface area contributed by atoms with Gasteiger partial charge < -0.3 is 14.7 Å². The third-order valence-corrected chi connectivity index (χ3v) is 5.01. The van der Waals surface area contributed by atoms with Crippen LogP contribution in [0.25, 0.3) is 0 Å². The van der Waals surface area contributed by atoms with Crippen molar-refractivity contribution in [2.24, 2.45) is 5.41 Å². The van der Waals surface area contributed by atoms with E-state index in [1.807, 2.05) is 13.0 Å². The highest BCUT2D eigenvalue weighted by atomic mass is 79.9. The predicted octanol–water partition coefficient (Wildman–Crippen LogP) is 2.71. The van der Waals surface area contributed by atoms with Crippen LogP contribution in [0.2, 0.25) is 0 Å².